The fraction of sp³-hybridized carbons (Fsp3) is 0.462. The summed E-state index contributed by atoms with van der Waals surface area (Å²) in [6, 6.07) is 3.35. The van der Waals surface area contributed by atoms with Crippen molar-refractivity contribution in [1.29, 1.82) is 0 Å². The molecular formula is C13H18F2N2O. The second-order valence-electron chi connectivity index (χ2n) is 4.49. The summed E-state index contributed by atoms with van der Waals surface area (Å²) in [5, 5.41) is 5.53. The van der Waals surface area contributed by atoms with E-state index in [4.69, 9.17) is 0 Å². The molecule has 0 saturated carbocycles. The molecule has 0 fully saturated rings. The Balaban J connectivity index is 2.90. The van der Waals surface area contributed by atoms with Crippen LogP contribution in [0.15, 0.2) is 18.2 Å². The van der Waals surface area contributed by atoms with Crippen LogP contribution in [0.25, 0.3) is 0 Å². The average Bonchev–Trinajstić information content (AvgIpc) is 2.30. The molecule has 0 bridgehead atoms. The molecule has 0 spiro atoms. The Hall–Kier alpha value is -1.49. The van der Waals surface area contributed by atoms with Crippen molar-refractivity contribution in [3.63, 3.8) is 0 Å². The molecule has 100 valence electrons. The van der Waals surface area contributed by atoms with Gasteiger partial charge in [-0.2, -0.15) is 0 Å². The molecule has 3 nitrogen and oxygen atoms in total. The number of nitrogens with one attached hydrogen (secondary N) is 2. The number of likely N-dealkylation sites (N-methyl/N-ethyl adjacent to an activating group) is 1. The molecule has 0 aliphatic carbocycles. The molecule has 1 aromatic carbocycles. The van der Waals surface area contributed by atoms with Gasteiger partial charge in [-0.3, -0.25) is 4.79 Å². The summed E-state index contributed by atoms with van der Waals surface area (Å²) in [6.07, 6.45) is 0. The molecule has 0 saturated heterocycles. The van der Waals surface area contributed by atoms with Crippen LogP contribution in [0.1, 0.15) is 25.5 Å². The monoisotopic (exact) mass is 256 g/mol. The lowest BCUT2D eigenvalue weighted by Crippen LogP contribution is -2.37. The Bertz CT molecular complexity index is 421. The van der Waals surface area contributed by atoms with Crippen molar-refractivity contribution in [1.82, 2.24) is 10.6 Å². The molecule has 1 aromatic rings. The third kappa shape index (κ3) is 3.77. The first-order chi connectivity index (χ1) is 8.45. The summed E-state index contributed by atoms with van der Waals surface area (Å²) in [4.78, 5) is 11.5. The second-order valence-corrected chi connectivity index (χ2v) is 4.49. The van der Waals surface area contributed by atoms with Crippen molar-refractivity contribution in [2.75, 3.05) is 13.6 Å². The van der Waals surface area contributed by atoms with Gasteiger partial charge < -0.3 is 10.6 Å². The van der Waals surface area contributed by atoms with Crippen LogP contribution in [0.3, 0.4) is 0 Å². The molecule has 0 radical (unpaired) electrons. The van der Waals surface area contributed by atoms with Crippen LogP contribution in [-0.2, 0) is 4.79 Å². The number of amides is 1. The van der Waals surface area contributed by atoms with E-state index >= 15 is 0 Å². The summed E-state index contributed by atoms with van der Waals surface area (Å²) in [5.74, 6) is -1.89. The third-order valence-corrected chi connectivity index (χ3v) is 2.62. The Labute approximate surface area is 106 Å². The number of halogens is 2. The molecule has 1 rings (SSSR count). The maximum Gasteiger partial charge on any atom is 0.234 e. The van der Waals surface area contributed by atoms with E-state index in [0.29, 0.717) is 5.56 Å². The molecule has 0 aliphatic rings. The minimum atomic E-state index is -0.902. The van der Waals surface area contributed by atoms with Gasteiger partial charge in [-0.25, -0.2) is 8.78 Å². The molecule has 1 amide bonds. The van der Waals surface area contributed by atoms with E-state index in [1.807, 2.05) is 13.8 Å². The first-order valence-electron chi connectivity index (χ1n) is 5.84. The standard InChI is InChI=1S/C13H18F2N2O/c1-8(2)13(17-12(18)7-16-3)9-4-5-10(14)11(15)6-9/h4-6,8,13,16H,7H2,1-3H3,(H,17,18). The lowest BCUT2D eigenvalue weighted by atomic mass is 9.96. The van der Waals surface area contributed by atoms with E-state index in [0.717, 1.165) is 12.1 Å². The number of carbonyl (C=O) groups excluding carboxylic acids is 1. The predicted molar refractivity (Wildman–Crippen MR) is 66.0 cm³/mol. The van der Waals surface area contributed by atoms with Crippen LogP contribution in [0.2, 0.25) is 0 Å². The molecule has 0 aromatic heterocycles. The molecule has 1 atom stereocenters. The van der Waals surface area contributed by atoms with Gasteiger partial charge in [0.25, 0.3) is 0 Å². The van der Waals surface area contributed by atoms with Crippen molar-refractivity contribution in [3.05, 3.63) is 35.4 Å². The van der Waals surface area contributed by atoms with Gasteiger partial charge in [-0.15, -0.1) is 0 Å². The number of hydrogen-bond donors (Lipinski definition) is 2. The predicted octanol–water partition coefficient (Wildman–Crippen LogP) is 2.00. The lowest BCUT2D eigenvalue weighted by Gasteiger charge is -2.23. The van der Waals surface area contributed by atoms with Gasteiger partial charge in [0.2, 0.25) is 5.91 Å². The maximum absolute atomic E-state index is 13.2. The number of hydrogen-bond acceptors (Lipinski definition) is 2. The lowest BCUT2D eigenvalue weighted by molar-refractivity contribution is -0.121. The van der Waals surface area contributed by atoms with E-state index < -0.39 is 11.6 Å². The van der Waals surface area contributed by atoms with Crippen LogP contribution >= 0.6 is 0 Å². The Kier molecular flexibility index (Phi) is 5.22. The van der Waals surface area contributed by atoms with Crippen molar-refractivity contribution in [3.8, 4) is 0 Å². The SMILES string of the molecule is CNCC(=O)NC(c1ccc(F)c(F)c1)C(C)C. The van der Waals surface area contributed by atoms with Gasteiger partial charge in [-0.1, -0.05) is 19.9 Å². The quantitative estimate of drug-likeness (QED) is 0.846. The Morgan fingerprint density at radius 2 is 1.94 bits per heavy atom. The fourth-order valence-electron chi connectivity index (χ4n) is 1.73. The summed E-state index contributed by atoms with van der Waals surface area (Å²) < 4.78 is 26.1. The molecule has 0 aliphatic heterocycles. The average molecular weight is 256 g/mol. The van der Waals surface area contributed by atoms with Crippen LogP contribution in [-0.4, -0.2) is 19.5 Å². The normalized spacial score (nSPS) is 12.6. The van der Waals surface area contributed by atoms with Crippen LogP contribution in [0, 0.1) is 17.6 Å². The molecule has 0 heterocycles. The van der Waals surface area contributed by atoms with Crippen LogP contribution in [0.4, 0.5) is 8.78 Å². The Morgan fingerprint density at radius 1 is 1.28 bits per heavy atom. The van der Waals surface area contributed by atoms with Crippen molar-refractivity contribution in [2.24, 2.45) is 5.92 Å². The minimum absolute atomic E-state index is 0.0793. The van der Waals surface area contributed by atoms with Crippen molar-refractivity contribution >= 4 is 5.91 Å². The number of carbonyl (C=O) groups is 1. The summed E-state index contributed by atoms with van der Waals surface area (Å²) in [6.45, 7) is 4.00. The molecule has 18 heavy (non-hydrogen) atoms. The molecule has 5 heteroatoms. The minimum Gasteiger partial charge on any atom is -0.348 e. The van der Waals surface area contributed by atoms with Gasteiger partial charge >= 0.3 is 0 Å². The van der Waals surface area contributed by atoms with E-state index in [1.165, 1.54) is 6.07 Å². The summed E-state index contributed by atoms with van der Waals surface area (Å²) in [5.41, 5.74) is 0.563. The fourth-order valence-corrected chi connectivity index (χ4v) is 1.73. The van der Waals surface area contributed by atoms with Crippen LogP contribution in [0.5, 0.6) is 0 Å². The van der Waals surface area contributed by atoms with Gasteiger partial charge in [0.1, 0.15) is 0 Å². The topological polar surface area (TPSA) is 41.1 Å². The van der Waals surface area contributed by atoms with E-state index in [-0.39, 0.29) is 24.4 Å². The zero-order valence-electron chi connectivity index (χ0n) is 10.8. The van der Waals surface area contributed by atoms with E-state index in [9.17, 15) is 13.6 Å². The van der Waals surface area contributed by atoms with Gasteiger partial charge in [0, 0.05) is 0 Å². The largest absolute Gasteiger partial charge is 0.348 e. The third-order valence-electron chi connectivity index (χ3n) is 2.62. The highest BCUT2D eigenvalue weighted by atomic mass is 19.2. The van der Waals surface area contributed by atoms with Gasteiger partial charge in [0.15, 0.2) is 11.6 Å². The molecular weight excluding hydrogens is 238 g/mol. The highest BCUT2D eigenvalue weighted by Gasteiger charge is 2.19. The zero-order valence-corrected chi connectivity index (χ0v) is 10.8. The summed E-state index contributed by atoms with van der Waals surface area (Å²) in [7, 11) is 1.67. The van der Waals surface area contributed by atoms with Crippen LogP contribution < -0.4 is 10.6 Å². The van der Waals surface area contributed by atoms with Crippen molar-refractivity contribution < 1.29 is 13.6 Å². The number of benzene rings is 1. The second kappa shape index (κ2) is 6.44. The molecule has 2 N–H and O–H groups in total. The first kappa shape index (κ1) is 14.6. The first-order valence-corrected chi connectivity index (χ1v) is 5.84. The van der Waals surface area contributed by atoms with Crippen molar-refractivity contribution in [2.45, 2.75) is 19.9 Å². The Morgan fingerprint density at radius 3 is 2.44 bits per heavy atom. The summed E-state index contributed by atoms with van der Waals surface area (Å²) >= 11 is 0. The van der Waals surface area contributed by atoms with E-state index in [1.54, 1.807) is 7.05 Å². The van der Waals surface area contributed by atoms with E-state index in [2.05, 4.69) is 10.6 Å². The zero-order chi connectivity index (χ0) is 13.7. The maximum atomic E-state index is 13.2. The highest BCUT2D eigenvalue weighted by molar-refractivity contribution is 5.78. The van der Waals surface area contributed by atoms with Gasteiger partial charge in [-0.05, 0) is 30.7 Å². The smallest absolute Gasteiger partial charge is 0.234 e. The van der Waals surface area contributed by atoms with Gasteiger partial charge in [0.05, 0.1) is 12.6 Å². The highest BCUT2D eigenvalue weighted by Crippen LogP contribution is 2.23. The molecule has 1 unspecified atom stereocenters. The number of rotatable bonds is 5.